The van der Waals surface area contributed by atoms with Crippen LogP contribution in [0, 0.1) is 0 Å². The van der Waals surface area contributed by atoms with Gasteiger partial charge in [-0.05, 0) is 36.5 Å². The second kappa shape index (κ2) is 6.77. The molecule has 2 heteroatoms. The Morgan fingerprint density at radius 1 is 1.10 bits per heavy atom. The number of rotatable bonds is 5. The fourth-order valence-corrected chi connectivity index (χ4v) is 3.27. The van der Waals surface area contributed by atoms with Crippen LogP contribution in [0.3, 0.4) is 0 Å². The van der Waals surface area contributed by atoms with E-state index < -0.39 is 0 Å². The lowest BCUT2D eigenvalue weighted by Crippen LogP contribution is -2.18. The van der Waals surface area contributed by atoms with Crippen molar-refractivity contribution in [2.24, 2.45) is 0 Å². The summed E-state index contributed by atoms with van der Waals surface area (Å²) in [6, 6.07) is 17.3. The summed E-state index contributed by atoms with van der Waals surface area (Å²) in [7, 11) is 1.74. The number of nitrogens with one attached hydrogen (secondary N) is 1. The van der Waals surface area contributed by atoms with E-state index in [9.17, 15) is 0 Å². The average molecular weight is 281 g/mol. The van der Waals surface area contributed by atoms with Crippen molar-refractivity contribution in [1.29, 1.82) is 0 Å². The third-order valence-electron chi connectivity index (χ3n) is 4.35. The Bertz CT molecular complexity index is 594. The quantitative estimate of drug-likeness (QED) is 0.879. The van der Waals surface area contributed by atoms with Crippen LogP contribution in [0.2, 0.25) is 0 Å². The number of aryl methyl sites for hydroxylation is 1. The second-order valence-electron chi connectivity index (χ2n) is 5.76. The van der Waals surface area contributed by atoms with Crippen molar-refractivity contribution >= 4 is 5.69 Å². The maximum absolute atomic E-state index is 5.28. The van der Waals surface area contributed by atoms with Crippen LogP contribution in [-0.2, 0) is 17.8 Å². The van der Waals surface area contributed by atoms with E-state index in [2.05, 4.69) is 53.8 Å². The molecule has 2 aromatic carbocycles. The molecule has 2 aromatic rings. The van der Waals surface area contributed by atoms with Crippen molar-refractivity contribution in [1.82, 2.24) is 0 Å². The highest BCUT2D eigenvalue weighted by atomic mass is 16.5. The van der Waals surface area contributed by atoms with Crippen molar-refractivity contribution < 1.29 is 4.74 Å². The number of methoxy groups -OCH3 is 1. The highest BCUT2D eigenvalue weighted by molar-refractivity contribution is 5.51. The van der Waals surface area contributed by atoms with Gasteiger partial charge in [0.05, 0.1) is 6.61 Å². The Morgan fingerprint density at radius 3 is 2.81 bits per heavy atom. The number of hydrogen-bond donors (Lipinski definition) is 1. The van der Waals surface area contributed by atoms with E-state index in [1.165, 1.54) is 41.6 Å². The topological polar surface area (TPSA) is 21.3 Å². The van der Waals surface area contributed by atoms with Gasteiger partial charge in [0.15, 0.2) is 0 Å². The number of para-hydroxylation sites is 1. The Morgan fingerprint density at radius 2 is 1.90 bits per heavy atom. The van der Waals surface area contributed by atoms with Crippen molar-refractivity contribution in [2.45, 2.75) is 31.8 Å². The monoisotopic (exact) mass is 281 g/mol. The molecule has 0 amide bonds. The first kappa shape index (κ1) is 14.2. The lowest BCUT2D eigenvalue weighted by molar-refractivity contribution is 0.185. The molecule has 0 aromatic heterocycles. The molecule has 0 saturated heterocycles. The van der Waals surface area contributed by atoms with Gasteiger partial charge in [-0.15, -0.1) is 0 Å². The molecule has 1 aliphatic carbocycles. The molecular weight excluding hydrogens is 258 g/mol. The molecule has 0 heterocycles. The van der Waals surface area contributed by atoms with Gasteiger partial charge < -0.3 is 10.1 Å². The zero-order valence-electron chi connectivity index (χ0n) is 12.6. The molecule has 0 spiro atoms. The highest BCUT2D eigenvalue weighted by Gasteiger charge is 2.19. The number of benzene rings is 2. The number of ether oxygens (including phenoxy) is 1. The van der Waals surface area contributed by atoms with Crippen LogP contribution >= 0.6 is 0 Å². The summed E-state index contributed by atoms with van der Waals surface area (Å²) < 4.78 is 5.28. The molecular formula is C19H23NO. The summed E-state index contributed by atoms with van der Waals surface area (Å²) in [6.07, 6.45) is 3.80. The van der Waals surface area contributed by atoms with E-state index in [0.29, 0.717) is 12.5 Å². The van der Waals surface area contributed by atoms with Crippen LogP contribution in [0.25, 0.3) is 0 Å². The van der Waals surface area contributed by atoms with E-state index >= 15 is 0 Å². The largest absolute Gasteiger partial charge is 0.384 e. The van der Waals surface area contributed by atoms with Crippen LogP contribution in [0.15, 0.2) is 48.5 Å². The third kappa shape index (κ3) is 3.27. The van der Waals surface area contributed by atoms with E-state index in [1.807, 2.05) is 0 Å². The Kier molecular flexibility index (Phi) is 4.56. The van der Waals surface area contributed by atoms with Gasteiger partial charge in [0.1, 0.15) is 0 Å². The van der Waals surface area contributed by atoms with E-state index in [1.54, 1.807) is 7.11 Å². The van der Waals surface area contributed by atoms with Gasteiger partial charge in [0, 0.05) is 30.8 Å². The van der Waals surface area contributed by atoms with Gasteiger partial charge in [-0.3, -0.25) is 0 Å². The molecule has 0 saturated carbocycles. The van der Waals surface area contributed by atoms with Crippen LogP contribution in [0.4, 0.5) is 5.69 Å². The molecule has 0 bridgehead atoms. The SMILES string of the molecule is COCc1ccccc1NCC1CCCc2ccccc21. The molecule has 0 fully saturated rings. The molecule has 3 rings (SSSR count). The first-order chi connectivity index (χ1) is 10.4. The normalized spacial score (nSPS) is 17.3. The summed E-state index contributed by atoms with van der Waals surface area (Å²) in [4.78, 5) is 0. The molecule has 1 unspecified atom stereocenters. The average Bonchev–Trinajstić information content (AvgIpc) is 2.54. The van der Waals surface area contributed by atoms with Gasteiger partial charge in [-0.2, -0.15) is 0 Å². The Hall–Kier alpha value is -1.80. The minimum atomic E-state index is 0.616. The second-order valence-corrected chi connectivity index (χ2v) is 5.76. The van der Waals surface area contributed by atoms with Crippen LogP contribution in [0.1, 0.15) is 35.4 Å². The number of anilines is 1. The van der Waals surface area contributed by atoms with Crippen molar-refractivity contribution in [3.63, 3.8) is 0 Å². The van der Waals surface area contributed by atoms with Crippen molar-refractivity contribution in [3.05, 3.63) is 65.2 Å². The summed E-state index contributed by atoms with van der Waals surface area (Å²) >= 11 is 0. The number of hydrogen-bond acceptors (Lipinski definition) is 2. The highest BCUT2D eigenvalue weighted by Crippen LogP contribution is 2.31. The molecule has 1 atom stereocenters. The molecule has 0 radical (unpaired) electrons. The first-order valence-electron chi connectivity index (χ1n) is 7.77. The standard InChI is InChI=1S/C19H23NO/c1-21-14-17-8-3-5-12-19(17)20-13-16-10-6-9-15-7-2-4-11-18(15)16/h2-5,7-8,11-12,16,20H,6,9-10,13-14H2,1H3. The summed E-state index contributed by atoms with van der Waals surface area (Å²) in [6.45, 7) is 1.65. The van der Waals surface area contributed by atoms with Gasteiger partial charge in [-0.1, -0.05) is 42.5 Å². The Labute approximate surface area is 127 Å². The maximum Gasteiger partial charge on any atom is 0.0733 e. The van der Waals surface area contributed by atoms with Crippen molar-refractivity contribution in [3.8, 4) is 0 Å². The smallest absolute Gasteiger partial charge is 0.0733 e. The van der Waals surface area contributed by atoms with Gasteiger partial charge in [0.2, 0.25) is 0 Å². The lowest BCUT2D eigenvalue weighted by Gasteiger charge is -2.26. The zero-order valence-corrected chi connectivity index (χ0v) is 12.6. The van der Waals surface area contributed by atoms with E-state index in [4.69, 9.17) is 4.74 Å². The lowest BCUT2D eigenvalue weighted by atomic mass is 9.83. The molecule has 21 heavy (non-hydrogen) atoms. The predicted molar refractivity (Wildman–Crippen MR) is 87.8 cm³/mol. The minimum absolute atomic E-state index is 0.616. The molecule has 1 N–H and O–H groups in total. The fourth-order valence-electron chi connectivity index (χ4n) is 3.27. The first-order valence-corrected chi connectivity index (χ1v) is 7.77. The van der Waals surface area contributed by atoms with Crippen LogP contribution in [0.5, 0.6) is 0 Å². The zero-order chi connectivity index (χ0) is 14.5. The predicted octanol–water partition coefficient (Wildman–Crippen LogP) is 4.37. The molecule has 110 valence electrons. The van der Waals surface area contributed by atoms with Crippen LogP contribution < -0.4 is 5.32 Å². The third-order valence-corrected chi connectivity index (χ3v) is 4.35. The van der Waals surface area contributed by atoms with E-state index in [-0.39, 0.29) is 0 Å². The molecule has 2 nitrogen and oxygen atoms in total. The number of fused-ring (bicyclic) bond motifs is 1. The minimum Gasteiger partial charge on any atom is -0.384 e. The van der Waals surface area contributed by atoms with Crippen molar-refractivity contribution in [2.75, 3.05) is 19.0 Å². The van der Waals surface area contributed by atoms with Gasteiger partial charge in [0.25, 0.3) is 0 Å². The molecule has 1 aliphatic rings. The van der Waals surface area contributed by atoms with Gasteiger partial charge in [-0.25, -0.2) is 0 Å². The van der Waals surface area contributed by atoms with E-state index in [0.717, 1.165) is 6.54 Å². The fraction of sp³-hybridized carbons (Fsp3) is 0.368. The maximum atomic E-state index is 5.28. The Balaban J connectivity index is 1.72. The van der Waals surface area contributed by atoms with Gasteiger partial charge >= 0.3 is 0 Å². The summed E-state index contributed by atoms with van der Waals surface area (Å²) in [5.74, 6) is 0.616. The van der Waals surface area contributed by atoms with Crippen LogP contribution in [-0.4, -0.2) is 13.7 Å². The summed E-state index contributed by atoms with van der Waals surface area (Å²) in [5, 5.41) is 3.63. The summed E-state index contributed by atoms with van der Waals surface area (Å²) in [5.41, 5.74) is 5.48. The molecule has 0 aliphatic heterocycles.